The fraction of sp³-hybridized carbons (Fsp3) is 0.667. The van der Waals surface area contributed by atoms with Crippen LogP contribution < -0.4 is 11.5 Å². The third-order valence-corrected chi connectivity index (χ3v) is 4.25. The van der Waals surface area contributed by atoms with E-state index in [1.807, 2.05) is 0 Å². The van der Waals surface area contributed by atoms with E-state index >= 15 is 0 Å². The van der Waals surface area contributed by atoms with Crippen molar-refractivity contribution < 1.29 is 4.79 Å². The van der Waals surface area contributed by atoms with E-state index in [1.165, 1.54) is 11.3 Å². The van der Waals surface area contributed by atoms with Crippen molar-refractivity contribution in [1.82, 2.24) is 4.98 Å². The van der Waals surface area contributed by atoms with Crippen LogP contribution in [0.25, 0.3) is 0 Å². The lowest BCUT2D eigenvalue weighted by Gasteiger charge is -2.27. The summed E-state index contributed by atoms with van der Waals surface area (Å²) in [5.41, 5.74) is 11.8. The van der Waals surface area contributed by atoms with Crippen LogP contribution in [0.5, 0.6) is 0 Å². The molecule has 2 rings (SSSR count). The molecule has 0 bridgehead atoms. The van der Waals surface area contributed by atoms with E-state index in [2.05, 4.69) is 4.98 Å². The van der Waals surface area contributed by atoms with Gasteiger partial charge in [0.1, 0.15) is 0 Å². The van der Waals surface area contributed by atoms with Crippen molar-refractivity contribution in [2.75, 3.05) is 0 Å². The van der Waals surface area contributed by atoms with Gasteiger partial charge in [-0.25, -0.2) is 4.98 Å². The van der Waals surface area contributed by atoms with Crippen LogP contribution in [0.4, 0.5) is 0 Å². The number of carbonyl (C=O) groups excluding carboxylic acids is 1. The van der Waals surface area contributed by atoms with Crippen molar-refractivity contribution >= 4 is 17.1 Å². The Bertz CT molecular complexity index is 358. The second-order valence-corrected chi connectivity index (χ2v) is 5.72. The molecule has 0 saturated heterocycles. The van der Waals surface area contributed by atoms with Crippen LogP contribution in [0.1, 0.15) is 41.9 Å². The molecule has 1 aromatic heterocycles. The fourth-order valence-corrected chi connectivity index (χ4v) is 3.03. The first-order valence-electron chi connectivity index (χ1n) is 6.11. The van der Waals surface area contributed by atoms with Crippen LogP contribution >= 0.6 is 11.3 Å². The van der Waals surface area contributed by atoms with Crippen molar-refractivity contribution in [3.8, 4) is 0 Å². The van der Waals surface area contributed by atoms with Gasteiger partial charge in [0.25, 0.3) is 0 Å². The molecule has 4 nitrogen and oxygen atoms in total. The summed E-state index contributed by atoms with van der Waals surface area (Å²) in [4.78, 5) is 16.0. The lowest BCUT2D eigenvalue weighted by atomic mass is 9.82. The van der Waals surface area contributed by atoms with E-state index < -0.39 is 6.04 Å². The number of hydrogen-bond donors (Lipinski definition) is 2. The maximum atomic E-state index is 11.9. The summed E-state index contributed by atoms with van der Waals surface area (Å²) in [7, 11) is 0. The number of Topliss-reactive ketones (excluding diaryl/α,β-unsaturated/α-hetero) is 1. The summed E-state index contributed by atoms with van der Waals surface area (Å²) < 4.78 is 0. The van der Waals surface area contributed by atoms with Gasteiger partial charge in [0.2, 0.25) is 5.78 Å². The monoisotopic (exact) mass is 253 g/mol. The largest absolute Gasteiger partial charge is 0.328 e. The molecule has 1 atom stereocenters. The molecular weight excluding hydrogens is 234 g/mol. The zero-order valence-electron chi connectivity index (χ0n) is 9.84. The second-order valence-electron chi connectivity index (χ2n) is 4.82. The normalized spacial score (nSPS) is 26.7. The quantitative estimate of drug-likeness (QED) is 0.798. The molecule has 17 heavy (non-hydrogen) atoms. The minimum Gasteiger partial charge on any atom is -0.328 e. The van der Waals surface area contributed by atoms with Gasteiger partial charge in [-0.3, -0.25) is 4.79 Å². The Labute approximate surface area is 105 Å². The standard InChI is InChI=1S/C12H19N3OS/c13-9-3-1-8(2-4-9)7-10(14)11(16)12-15-5-6-17-12/h5-6,8-10H,1-4,7,13-14H2. The van der Waals surface area contributed by atoms with Gasteiger partial charge in [0.15, 0.2) is 5.01 Å². The van der Waals surface area contributed by atoms with E-state index in [9.17, 15) is 4.79 Å². The van der Waals surface area contributed by atoms with Gasteiger partial charge in [0, 0.05) is 17.6 Å². The lowest BCUT2D eigenvalue weighted by Crippen LogP contribution is -2.35. The van der Waals surface area contributed by atoms with E-state index in [1.54, 1.807) is 11.6 Å². The molecule has 0 spiro atoms. The Morgan fingerprint density at radius 1 is 1.47 bits per heavy atom. The minimum atomic E-state index is -0.402. The van der Waals surface area contributed by atoms with E-state index in [4.69, 9.17) is 11.5 Å². The molecule has 5 heteroatoms. The zero-order valence-corrected chi connectivity index (χ0v) is 10.7. The second kappa shape index (κ2) is 5.71. The highest BCUT2D eigenvalue weighted by Crippen LogP contribution is 2.27. The molecule has 1 fully saturated rings. The molecule has 0 aromatic carbocycles. The molecule has 1 heterocycles. The van der Waals surface area contributed by atoms with Crippen molar-refractivity contribution in [1.29, 1.82) is 0 Å². The Kier molecular flexibility index (Phi) is 4.25. The number of ketones is 1. The van der Waals surface area contributed by atoms with Gasteiger partial charge in [-0.05, 0) is 38.0 Å². The number of aromatic nitrogens is 1. The van der Waals surface area contributed by atoms with Gasteiger partial charge in [-0.2, -0.15) is 0 Å². The third-order valence-electron chi connectivity index (χ3n) is 3.46. The summed E-state index contributed by atoms with van der Waals surface area (Å²) in [5, 5.41) is 2.34. The molecule has 1 unspecified atom stereocenters. The molecule has 94 valence electrons. The average molecular weight is 253 g/mol. The number of carbonyl (C=O) groups is 1. The molecular formula is C12H19N3OS. The molecule has 1 aliphatic rings. The topological polar surface area (TPSA) is 82.0 Å². The van der Waals surface area contributed by atoms with E-state index in [-0.39, 0.29) is 5.78 Å². The highest BCUT2D eigenvalue weighted by atomic mass is 32.1. The minimum absolute atomic E-state index is 0.0186. The molecule has 1 aliphatic carbocycles. The Hall–Kier alpha value is -0.780. The van der Waals surface area contributed by atoms with Crippen LogP contribution in [-0.4, -0.2) is 22.9 Å². The van der Waals surface area contributed by atoms with Crippen molar-refractivity contribution in [2.45, 2.75) is 44.2 Å². The summed E-state index contributed by atoms with van der Waals surface area (Å²) in [6.07, 6.45) is 6.72. The van der Waals surface area contributed by atoms with Gasteiger partial charge in [0.05, 0.1) is 6.04 Å². The number of rotatable bonds is 4. The highest BCUT2D eigenvalue weighted by molar-refractivity contribution is 7.11. The smallest absolute Gasteiger partial charge is 0.207 e. The van der Waals surface area contributed by atoms with Crippen molar-refractivity contribution in [2.24, 2.45) is 17.4 Å². The Balaban J connectivity index is 1.85. The van der Waals surface area contributed by atoms with Crippen LogP contribution in [0.3, 0.4) is 0 Å². The van der Waals surface area contributed by atoms with E-state index in [0.29, 0.717) is 17.0 Å². The fourth-order valence-electron chi connectivity index (χ4n) is 2.39. The number of nitrogens with two attached hydrogens (primary N) is 2. The molecule has 0 amide bonds. The number of thiazole rings is 1. The van der Waals surface area contributed by atoms with Crippen LogP contribution in [0.15, 0.2) is 11.6 Å². The van der Waals surface area contributed by atoms with Gasteiger partial charge in [-0.15, -0.1) is 11.3 Å². The van der Waals surface area contributed by atoms with Crippen molar-refractivity contribution in [3.05, 3.63) is 16.6 Å². The number of hydrogen-bond acceptors (Lipinski definition) is 5. The average Bonchev–Trinajstić information content (AvgIpc) is 2.84. The van der Waals surface area contributed by atoms with Gasteiger partial charge in [-0.1, -0.05) is 0 Å². The van der Waals surface area contributed by atoms with Crippen LogP contribution in [0.2, 0.25) is 0 Å². The summed E-state index contributed by atoms with van der Waals surface area (Å²) >= 11 is 1.36. The number of nitrogens with zero attached hydrogens (tertiary/aromatic N) is 1. The molecule has 0 radical (unpaired) electrons. The molecule has 1 saturated carbocycles. The predicted octanol–water partition coefficient (Wildman–Crippen LogP) is 1.56. The SMILES string of the molecule is NC1CCC(CC(N)C(=O)c2nccs2)CC1. The predicted molar refractivity (Wildman–Crippen MR) is 69.0 cm³/mol. The van der Waals surface area contributed by atoms with Gasteiger partial charge >= 0.3 is 0 Å². The first-order valence-corrected chi connectivity index (χ1v) is 6.99. The Morgan fingerprint density at radius 3 is 2.76 bits per heavy atom. The molecule has 0 aliphatic heterocycles. The van der Waals surface area contributed by atoms with Crippen LogP contribution in [0, 0.1) is 5.92 Å². The van der Waals surface area contributed by atoms with Gasteiger partial charge < -0.3 is 11.5 Å². The summed E-state index contributed by atoms with van der Waals surface area (Å²) in [6, 6.07) is -0.0578. The maximum absolute atomic E-state index is 11.9. The Morgan fingerprint density at radius 2 is 2.18 bits per heavy atom. The molecule has 4 N–H and O–H groups in total. The molecule has 1 aromatic rings. The zero-order chi connectivity index (χ0) is 12.3. The van der Waals surface area contributed by atoms with Crippen molar-refractivity contribution in [3.63, 3.8) is 0 Å². The first kappa shape index (κ1) is 12.7. The highest BCUT2D eigenvalue weighted by Gasteiger charge is 2.25. The van der Waals surface area contributed by atoms with E-state index in [0.717, 1.165) is 32.1 Å². The lowest BCUT2D eigenvalue weighted by molar-refractivity contribution is 0.0943. The maximum Gasteiger partial charge on any atom is 0.207 e. The summed E-state index contributed by atoms with van der Waals surface area (Å²) in [6.45, 7) is 0. The third kappa shape index (κ3) is 3.34. The first-order chi connectivity index (χ1) is 8.16. The van der Waals surface area contributed by atoms with Crippen LogP contribution in [-0.2, 0) is 0 Å². The summed E-state index contributed by atoms with van der Waals surface area (Å²) in [5.74, 6) is 0.531.